The molecular formula is C37H42O12S2. The summed E-state index contributed by atoms with van der Waals surface area (Å²) in [4.78, 5) is -8.14. The predicted molar refractivity (Wildman–Crippen MR) is 185 cm³/mol. The molecule has 1 aliphatic heterocycles. The van der Waals surface area contributed by atoms with Crippen LogP contribution in [0, 0.1) is 13.8 Å². The van der Waals surface area contributed by atoms with Gasteiger partial charge in [-0.05, 0) is 63.1 Å². The topological polar surface area (TPSA) is 186 Å². The molecule has 4 N–H and O–H groups in total. The Morgan fingerprint density at radius 2 is 0.922 bits per heavy atom. The molecule has 12 nitrogen and oxygen atoms in total. The molecule has 5 rings (SSSR count). The number of benzene rings is 4. The van der Waals surface area contributed by atoms with Gasteiger partial charge < -0.3 is 39.4 Å². The maximum atomic E-state index is 14.6. The lowest BCUT2D eigenvalue weighted by molar-refractivity contribution is -0.242. The van der Waals surface area contributed by atoms with Gasteiger partial charge >= 0.3 is 0 Å². The molecule has 51 heavy (non-hydrogen) atoms. The quantitative estimate of drug-likeness (QED) is 0.138. The minimum Gasteiger partial charge on any atom is -0.368 e. The number of hydrogen-bond donors (Lipinski definition) is 4. The fraction of sp³-hybridized carbons (Fsp3) is 0.351. The van der Waals surface area contributed by atoms with Gasteiger partial charge in [0.25, 0.3) is 9.87 Å². The van der Waals surface area contributed by atoms with Crippen molar-refractivity contribution in [2.75, 3.05) is 0 Å². The highest BCUT2D eigenvalue weighted by Gasteiger charge is 2.72. The average Bonchev–Trinajstić information content (AvgIpc) is 3.45. The number of ether oxygens (including phenoxy) is 4. The first-order chi connectivity index (χ1) is 23.9. The molecule has 0 bridgehead atoms. The third-order valence-corrected chi connectivity index (χ3v) is 13.0. The van der Waals surface area contributed by atoms with Crippen LogP contribution in [-0.4, -0.2) is 77.7 Å². The molecule has 0 spiro atoms. The van der Waals surface area contributed by atoms with Gasteiger partial charge in [0.05, 0.1) is 23.0 Å². The van der Waals surface area contributed by atoms with E-state index in [4.69, 9.17) is 18.9 Å². The molecule has 274 valence electrons. The zero-order chi connectivity index (χ0) is 37.2. The van der Waals surface area contributed by atoms with E-state index in [1.165, 1.54) is 62.4 Å². The highest BCUT2D eigenvalue weighted by Crippen LogP contribution is 2.48. The van der Waals surface area contributed by atoms with Crippen LogP contribution in [0.4, 0.5) is 0 Å². The van der Waals surface area contributed by atoms with Crippen LogP contribution in [0.15, 0.2) is 119 Å². The number of aliphatic hydroxyl groups excluding tert-OH is 2. The minimum atomic E-state index is -5.20. The summed E-state index contributed by atoms with van der Waals surface area (Å²) in [6.45, 7) is 5.19. The Bertz CT molecular complexity index is 1840. The second kappa shape index (κ2) is 14.8. The lowest BCUT2D eigenvalue weighted by atomic mass is 10.0. The third-order valence-electron chi connectivity index (χ3n) is 8.64. The summed E-state index contributed by atoms with van der Waals surface area (Å²) in [5, 5.41) is 48.3. The van der Waals surface area contributed by atoms with Gasteiger partial charge in [0.2, 0.25) is 32.3 Å². The summed E-state index contributed by atoms with van der Waals surface area (Å²) in [7, 11) is -10.4. The number of hydrogen-bond acceptors (Lipinski definition) is 12. The monoisotopic (exact) mass is 742 g/mol. The average molecular weight is 743 g/mol. The Morgan fingerprint density at radius 3 is 1.24 bits per heavy atom. The van der Waals surface area contributed by atoms with Crippen LogP contribution < -0.4 is 0 Å². The van der Waals surface area contributed by atoms with Crippen molar-refractivity contribution in [1.82, 2.24) is 0 Å². The molecule has 14 heteroatoms. The minimum absolute atomic E-state index is 0.399. The summed E-state index contributed by atoms with van der Waals surface area (Å²) < 4.78 is 81.4. The highest BCUT2D eigenvalue weighted by molar-refractivity contribution is 7.93. The number of aryl methyl sites for hydroxylation is 2. The summed E-state index contributed by atoms with van der Waals surface area (Å²) in [6.07, 6.45) is -10.2. The third kappa shape index (κ3) is 7.53. The molecule has 1 saturated heterocycles. The fourth-order valence-electron chi connectivity index (χ4n) is 5.77. The molecule has 2 unspecified atom stereocenters. The predicted octanol–water partition coefficient (Wildman–Crippen LogP) is 3.52. The first kappa shape index (κ1) is 38.7. The lowest BCUT2D eigenvalue weighted by Gasteiger charge is -2.43. The largest absolute Gasteiger partial charge is 0.368 e. The van der Waals surface area contributed by atoms with E-state index in [9.17, 15) is 37.3 Å². The normalized spacial score (nSPS) is 21.3. The molecule has 6 atom stereocenters. The van der Waals surface area contributed by atoms with Crippen LogP contribution >= 0.6 is 0 Å². The Morgan fingerprint density at radius 1 is 0.608 bits per heavy atom. The van der Waals surface area contributed by atoms with Crippen LogP contribution in [0.3, 0.4) is 0 Å². The van der Waals surface area contributed by atoms with E-state index in [0.29, 0.717) is 22.3 Å². The molecule has 1 fully saturated rings. The van der Waals surface area contributed by atoms with Crippen LogP contribution in [0.2, 0.25) is 0 Å². The molecule has 0 amide bonds. The van der Waals surface area contributed by atoms with Gasteiger partial charge in [-0.15, -0.1) is 0 Å². The van der Waals surface area contributed by atoms with Crippen LogP contribution in [0.1, 0.15) is 36.1 Å². The van der Waals surface area contributed by atoms with Crippen molar-refractivity contribution in [3.05, 3.63) is 131 Å². The zero-order valence-corrected chi connectivity index (χ0v) is 30.1. The second-order valence-electron chi connectivity index (χ2n) is 12.9. The molecule has 1 aliphatic rings. The SMILES string of the molecule is Cc1ccc(S(=O)(=O)[C@@](O)(C(O)OCc2ccccc2)[C@H]2OC(C)(C)O[C@@H]2[C@](O)(C(O)OCc2ccccc2)S(=O)(=O)c2ccc(C)cc2)cc1. The standard InChI is InChI=1S/C37H42O12S2/c1-25-15-19-29(20-16-25)50(42,43)36(40,33(38)46-23-27-11-7-5-8-12-27)31-32(49-35(3,4)48-31)37(41,34(39)47-24-28-13-9-6-10-14-28)51(44,45)30-21-17-26(2)18-22-30/h5-22,31-34,38-41H,23-24H2,1-4H3/t31-,32-,33?,34?,36+,37+/m0/s1. The van der Waals surface area contributed by atoms with E-state index in [2.05, 4.69) is 0 Å². The summed E-state index contributed by atoms with van der Waals surface area (Å²) >= 11 is 0. The fourth-order valence-corrected chi connectivity index (χ4v) is 9.13. The molecular weight excluding hydrogens is 701 g/mol. The number of sulfone groups is 2. The van der Waals surface area contributed by atoms with Gasteiger partial charge in [0.15, 0.2) is 5.79 Å². The Balaban J connectivity index is 1.69. The molecule has 0 radical (unpaired) electrons. The lowest BCUT2D eigenvalue weighted by Crippen LogP contribution is -2.69. The maximum absolute atomic E-state index is 14.6. The zero-order valence-electron chi connectivity index (χ0n) is 28.5. The molecule has 0 aliphatic carbocycles. The Labute approximate surface area is 297 Å². The van der Waals surface area contributed by atoms with Crippen molar-refractivity contribution in [2.24, 2.45) is 0 Å². The Kier molecular flexibility index (Phi) is 11.3. The van der Waals surface area contributed by atoms with Crippen LogP contribution in [-0.2, 0) is 51.8 Å². The van der Waals surface area contributed by atoms with Crippen molar-refractivity contribution in [3.63, 3.8) is 0 Å². The summed E-state index contributed by atoms with van der Waals surface area (Å²) in [6, 6.07) is 27.3. The molecule has 0 aromatic heterocycles. The van der Waals surface area contributed by atoms with Gasteiger partial charge in [-0.1, -0.05) is 96.1 Å². The van der Waals surface area contributed by atoms with Crippen molar-refractivity contribution >= 4 is 19.7 Å². The molecule has 1 heterocycles. The first-order valence-electron chi connectivity index (χ1n) is 16.0. The number of rotatable bonds is 14. The second-order valence-corrected chi connectivity index (χ2v) is 17.2. The first-order valence-corrected chi connectivity index (χ1v) is 19.0. The van der Waals surface area contributed by atoms with Crippen LogP contribution in [0.5, 0.6) is 0 Å². The molecule has 4 aromatic rings. The van der Waals surface area contributed by atoms with Gasteiger partial charge in [0, 0.05) is 0 Å². The Hall–Kier alpha value is -3.54. The van der Waals surface area contributed by atoms with E-state index in [0.717, 1.165) is 0 Å². The van der Waals surface area contributed by atoms with Crippen molar-refractivity contribution < 1.29 is 56.2 Å². The van der Waals surface area contributed by atoms with Gasteiger partial charge in [0.1, 0.15) is 12.2 Å². The van der Waals surface area contributed by atoms with Gasteiger partial charge in [-0.2, -0.15) is 0 Å². The maximum Gasteiger partial charge on any atom is 0.250 e. The van der Waals surface area contributed by atoms with Gasteiger partial charge in [-0.25, -0.2) is 16.8 Å². The summed E-state index contributed by atoms with van der Waals surface area (Å²) in [5.41, 5.74) is 2.34. The van der Waals surface area contributed by atoms with E-state index in [1.807, 2.05) is 0 Å². The van der Waals surface area contributed by atoms with E-state index >= 15 is 0 Å². The highest BCUT2D eigenvalue weighted by atomic mass is 32.2. The molecule has 4 aromatic carbocycles. The van der Waals surface area contributed by atoms with Crippen molar-refractivity contribution in [2.45, 2.75) is 91.1 Å². The smallest absolute Gasteiger partial charge is 0.250 e. The van der Waals surface area contributed by atoms with Crippen molar-refractivity contribution in [3.8, 4) is 0 Å². The van der Waals surface area contributed by atoms with E-state index in [-0.39, 0.29) is 0 Å². The van der Waals surface area contributed by atoms with Gasteiger partial charge in [-0.3, -0.25) is 0 Å². The van der Waals surface area contributed by atoms with E-state index in [1.54, 1.807) is 74.5 Å². The number of aliphatic hydroxyl groups is 4. The molecule has 0 saturated carbocycles. The summed E-state index contributed by atoms with van der Waals surface area (Å²) in [5.74, 6) is -1.92. The van der Waals surface area contributed by atoms with Crippen molar-refractivity contribution in [1.29, 1.82) is 0 Å². The van der Waals surface area contributed by atoms with Crippen LogP contribution in [0.25, 0.3) is 0 Å². The van der Waals surface area contributed by atoms with E-state index < -0.39 is 83.1 Å².